The van der Waals surface area contributed by atoms with Crippen molar-refractivity contribution >= 4 is 41.4 Å². The van der Waals surface area contributed by atoms with Gasteiger partial charge in [0, 0.05) is 16.8 Å². The maximum Gasteiger partial charge on any atom is 0.258 e. The zero-order valence-corrected chi connectivity index (χ0v) is 17.9. The van der Waals surface area contributed by atoms with Gasteiger partial charge in [0.25, 0.3) is 5.91 Å². The number of hydrogen-bond donors (Lipinski definition) is 2. The highest BCUT2D eigenvalue weighted by atomic mass is 35.5. The van der Waals surface area contributed by atoms with Gasteiger partial charge in [0.1, 0.15) is 5.75 Å². The number of ether oxygens (including phenoxy) is 1. The summed E-state index contributed by atoms with van der Waals surface area (Å²) in [7, 11) is 0. The number of hydrazone groups is 1. The Morgan fingerprint density at radius 3 is 2.45 bits per heavy atom. The van der Waals surface area contributed by atoms with E-state index < -0.39 is 0 Å². The highest BCUT2D eigenvalue weighted by Gasteiger charge is 2.04. The van der Waals surface area contributed by atoms with Crippen molar-refractivity contribution in [3.8, 4) is 5.75 Å². The summed E-state index contributed by atoms with van der Waals surface area (Å²) in [5.41, 5.74) is 4.42. The highest BCUT2D eigenvalue weighted by Crippen LogP contribution is 2.15. The molecular formula is C21H24ClN3O3S. The Kier molecular flexibility index (Phi) is 9.53. The van der Waals surface area contributed by atoms with Crippen molar-refractivity contribution in [1.82, 2.24) is 10.7 Å². The van der Waals surface area contributed by atoms with E-state index in [4.69, 9.17) is 16.3 Å². The van der Waals surface area contributed by atoms with Crippen LogP contribution in [0.3, 0.4) is 0 Å². The van der Waals surface area contributed by atoms with E-state index in [0.29, 0.717) is 16.5 Å². The Hall–Kier alpha value is -2.51. The summed E-state index contributed by atoms with van der Waals surface area (Å²) in [4.78, 5) is 23.4. The molecule has 2 amide bonds. The normalized spacial score (nSPS) is 10.9. The predicted octanol–water partition coefficient (Wildman–Crippen LogP) is 3.63. The Bertz CT molecular complexity index is 824. The van der Waals surface area contributed by atoms with E-state index in [-0.39, 0.29) is 24.5 Å². The summed E-state index contributed by atoms with van der Waals surface area (Å²) in [6.45, 7) is 3.75. The van der Waals surface area contributed by atoms with Crippen molar-refractivity contribution in [3.63, 3.8) is 0 Å². The van der Waals surface area contributed by atoms with Gasteiger partial charge >= 0.3 is 0 Å². The topological polar surface area (TPSA) is 79.8 Å². The van der Waals surface area contributed by atoms with Crippen LogP contribution in [0.15, 0.2) is 53.6 Å². The molecule has 0 aliphatic heterocycles. The van der Waals surface area contributed by atoms with Gasteiger partial charge in [-0.3, -0.25) is 9.59 Å². The van der Waals surface area contributed by atoms with Crippen LogP contribution in [-0.4, -0.2) is 36.4 Å². The van der Waals surface area contributed by atoms with Crippen LogP contribution in [0.5, 0.6) is 5.75 Å². The van der Waals surface area contributed by atoms with Gasteiger partial charge in [0.05, 0.1) is 12.0 Å². The van der Waals surface area contributed by atoms with Crippen molar-refractivity contribution in [3.05, 3.63) is 64.7 Å². The number of carbonyl (C=O) groups is 2. The zero-order valence-electron chi connectivity index (χ0n) is 16.4. The van der Waals surface area contributed by atoms with E-state index in [1.54, 1.807) is 30.5 Å². The summed E-state index contributed by atoms with van der Waals surface area (Å²) < 4.78 is 5.42. The molecule has 2 rings (SSSR count). The first-order chi connectivity index (χ1) is 13.9. The zero-order chi connectivity index (χ0) is 21.1. The summed E-state index contributed by atoms with van der Waals surface area (Å²) in [6.07, 6.45) is 1.55. The molecule has 6 nitrogen and oxygen atoms in total. The minimum absolute atomic E-state index is 0.0324. The molecule has 0 radical (unpaired) electrons. The minimum Gasteiger partial charge on any atom is -0.484 e. The van der Waals surface area contributed by atoms with Crippen molar-refractivity contribution in [1.29, 1.82) is 0 Å². The van der Waals surface area contributed by atoms with Crippen LogP contribution in [-0.2, 0) is 15.3 Å². The number of carbonyl (C=O) groups excluding carboxylic acids is 2. The number of amides is 2. The van der Waals surface area contributed by atoms with E-state index in [0.717, 1.165) is 16.9 Å². The molecule has 0 aromatic heterocycles. The third-order valence-electron chi connectivity index (χ3n) is 3.52. The van der Waals surface area contributed by atoms with Gasteiger partial charge in [-0.15, -0.1) is 11.8 Å². The van der Waals surface area contributed by atoms with Crippen molar-refractivity contribution in [2.75, 3.05) is 12.4 Å². The maximum absolute atomic E-state index is 11.8. The second kappa shape index (κ2) is 12.1. The third kappa shape index (κ3) is 9.49. The first kappa shape index (κ1) is 22.8. The minimum atomic E-state index is -0.170. The van der Waals surface area contributed by atoms with Crippen LogP contribution in [0.2, 0.25) is 5.02 Å². The smallest absolute Gasteiger partial charge is 0.258 e. The molecule has 0 spiro atoms. The van der Waals surface area contributed by atoms with Gasteiger partial charge < -0.3 is 10.1 Å². The monoisotopic (exact) mass is 433 g/mol. The largest absolute Gasteiger partial charge is 0.484 e. The van der Waals surface area contributed by atoms with Gasteiger partial charge in [-0.25, -0.2) is 5.43 Å². The number of thioether (sulfide) groups is 1. The second-order valence-electron chi connectivity index (χ2n) is 6.49. The van der Waals surface area contributed by atoms with Crippen LogP contribution in [0, 0.1) is 0 Å². The number of nitrogens with one attached hydrogen (secondary N) is 2. The van der Waals surface area contributed by atoms with Crippen LogP contribution in [0.1, 0.15) is 25.0 Å². The lowest BCUT2D eigenvalue weighted by atomic mass is 10.2. The summed E-state index contributed by atoms with van der Waals surface area (Å²) >= 11 is 7.35. The third-order valence-corrected chi connectivity index (χ3v) is 4.77. The molecule has 0 fully saturated rings. The van der Waals surface area contributed by atoms with Crippen LogP contribution in [0.4, 0.5) is 0 Å². The molecule has 2 aromatic carbocycles. The van der Waals surface area contributed by atoms with Crippen molar-refractivity contribution < 1.29 is 14.3 Å². The number of nitrogens with zero attached hydrogens (tertiary/aromatic N) is 1. The molecule has 0 unspecified atom stereocenters. The number of rotatable bonds is 10. The lowest BCUT2D eigenvalue weighted by Gasteiger charge is -2.09. The quantitative estimate of drug-likeness (QED) is 0.443. The Morgan fingerprint density at radius 1 is 1.10 bits per heavy atom. The number of benzene rings is 2. The molecule has 2 aromatic rings. The average Bonchev–Trinajstić information content (AvgIpc) is 2.68. The lowest BCUT2D eigenvalue weighted by molar-refractivity contribution is -0.123. The maximum atomic E-state index is 11.8. The molecule has 0 saturated carbocycles. The molecule has 29 heavy (non-hydrogen) atoms. The SMILES string of the molecule is CC(C)NC(=O)COc1ccc(/C=N/NC(=O)CSCc2ccc(Cl)cc2)cc1. The van der Waals surface area contributed by atoms with E-state index in [1.165, 1.54) is 11.8 Å². The van der Waals surface area contributed by atoms with E-state index >= 15 is 0 Å². The molecule has 154 valence electrons. The van der Waals surface area contributed by atoms with Crippen molar-refractivity contribution in [2.45, 2.75) is 25.6 Å². The average molecular weight is 434 g/mol. The highest BCUT2D eigenvalue weighted by molar-refractivity contribution is 7.99. The predicted molar refractivity (Wildman–Crippen MR) is 119 cm³/mol. The Balaban J connectivity index is 1.67. The van der Waals surface area contributed by atoms with Gasteiger partial charge in [0.2, 0.25) is 5.91 Å². The fraction of sp³-hybridized carbons (Fsp3) is 0.286. The van der Waals surface area contributed by atoms with E-state index in [2.05, 4.69) is 15.8 Å². The molecule has 0 heterocycles. The second-order valence-corrected chi connectivity index (χ2v) is 7.91. The van der Waals surface area contributed by atoms with Gasteiger partial charge in [0.15, 0.2) is 6.61 Å². The molecule has 2 N–H and O–H groups in total. The molecule has 0 saturated heterocycles. The molecule has 8 heteroatoms. The fourth-order valence-electron chi connectivity index (χ4n) is 2.22. The first-order valence-electron chi connectivity index (χ1n) is 9.08. The fourth-order valence-corrected chi connectivity index (χ4v) is 3.12. The molecule has 0 aliphatic carbocycles. The summed E-state index contributed by atoms with van der Waals surface area (Å²) in [5.74, 6) is 1.29. The van der Waals surface area contributed by atoms with E-state index in [1.807, 2.05) is 38.1 Å². The van der Waals surface area contributed by atoms with E-state index in [9.17, 15) is 9.59 Å². The summed E-state index contributed by atoms with van der Waals surface area (Å²) in [6, 6.07) is 14.7. The number of hydrogen-bond acceptors (Lipinski definition) is 5. The standard InChI is InChI=1S/C21H24ClN3O3S/c1-15(2)24-20(26)12-28-19-9-5-16(6-10-19)11-23-25-21(27)14-29-13-17-3-7-18(22)8-4-17/h3-11,15H,12-14H2,1-2H3,(H,24,26)(H,25,27)/b23-11+. The number of halogens is 1. The Labute approximate surface area is 180 Å². The molecule has 0 bridgehead atoms. The lowest BCUT2D eigenvalue weighted by Crippen LogP contribution is -2.34. The molecule has 0 atom stereocenters. The molecular weight excluding hydrogens is 410 g/mol. The van der Waals surface area contributed by atoms with Crippen molar-refractivity contribution in [2.24, 2.45) is 5.10 Å². The Morgan fingerprint density at radius 2 is 1.79 bits per heavy atom. The first-order valence-corrected chi connectivity index (χ1v) is 10.6. The van der Waals surface area contributed by atoms with Crippen LogP contribution >= 0.6 is 23.4 Å². The van der Waals surface area contributed by atoms with Gasteiger partial charge in [-0.2, -0.15) is 5.10 Å². The van der Waals surface area contributed by atoms with Crippen LogP contribution in [0.25, 0.3) is 0 Å². The van der Waals surface area contributed by atoms with Gasteiger partial charge in [-0.05, 0) is 61.4 Å². The van der Waals surface area contributed by atoms with Crippen LogP contribution < -0.4 is 15.5 Å². The summed E-state index contributed by atoms with van der Waals surface area (Å²) in [5, 5.41) is 7.41. The molecule has 0 aliphatic rings. The van der Waals surface area contributed by atoms with Gasteiger partial charge in [-0.1, -0.05) is 23.7 Å².